The smallest absolute Gasteiger partial charge is 0.328 e. The zero-order valence-corrected chi connectivity index (χ0v) is 16.7. The maximum Gasteiger partial charge on any atom is 0.328 e. The summed E-state index contributed by atoms with van der Waals surface area (Å²) in [6, 6.07) is 12.7. The first-order valence-corrected chi connectivity index (χ1v) is 9.10. The Hall–Kier alpha value is -2.13. The van der Waals surface area contributed by atoms with Gasteiger partial charge in [-0.25, -0.2) is 4.79 Å². The first-order valence-electron chi connectivity index (χ1n) is 7.64. The Morgan fingerprint density at radius 1 is 1.12 bits per heavy atom. The van der Waals surface area contributed by atoms with Gasteiger partial charge in [0.15, 0.2) is 6.61 Å². The van der Waals surface area contributed by atoms with Gasteiger partial charge in [-0.1, -0.05) is 23.7 Å². The van der Waals surface area contributed by atoms with Crippen LogP contribution in [0.25, 0.3) is 0 Å². The minimum Gasteiger partial charge on any atom is -0.454 e. The largest absolute Gasteiger partial charge is 0.454 e. The lowest BCUT2D eigenvalue weighted by Crippen LogP contribution is -2.40. The topological polar surface area (TPSA) is 84.5 Å². The summed E-state index contributed by atoms with van der Waals surface area (Å²) in [5.41, 5.74) is 0.858. The van der Waals surface area contributed by atoms with Crippen LogP contribution in [-0.4, -0.2) is 30.4 Å². The van der Waals surface area contributed by atoms with E-state index in [0.29, 0.717) is 5.69 Å². The second kappa shape index (κ2) is 9.54. The predicted molar refractivity (Wildman–Crippen MR) is 107 cm³/mol. The first-order chi connectivity index (χ1) is 12.4. The van der Waals surface area contributed by atoms with Crippen LogP contribution < -0.4 is 10.6 Å². The number of amides is 2. The van der Waals surface area contributed by atoms with Crippen molar-refractivity contribution in [2.75, 3.05) is 11.9 Å². The summed E-state index contributed by atoms with van der Waals surface area (Å²) in [5.74, 6) is -1.68. The molecular formula is C18H16ClIN2O4. The summed E-state index contributed by atoms with van der Waals surface area (Å²) >= 11 is 8.09. The van der Waals surface area contributed by atoms with Gasteiger partial charge in [-0.2, -0.15) is 0 Å². The average Bonchev–Trinajstić information content (AvgIpc) is 2.61. The van der Waals surface area contributed by atoms with E-state index in [0.717, 1.165) is 3.57 Å². The van der Waals surface area contributed by atoms with Gasteiger partial charge in [0, 0.05) is 9.26 Å². The van der Waals surface area contributed by atoms with Crippen LogP contribution in [0.15, 0.2) is 48.5 Å². The molecule has 1 atom stereocenters. The fraction of sp³-hybridized carbons (Fsp3) is 0.167. The van der Waals surface area contributed by atoms with Crippen molar-refractivity contribution in [1.82, 2.24) is 5.32 Å². The molecule has 0 aromatic heterocycles. The minimum atomic E-state index is -0.926. The zero-order valence-electron chi connectivity index (χ0n) is 13.8. The van der Waals surface area contributed by atoms with Crippen molar-refractivity contribution in [3.63, 3.8) is 0 Å². The van der Waals surface area contributed by atoms with Crippen molar-refractivity contribution in [1.29, 1.82) is 0 Å². The van der Waals surface area contributed by atoms with Crippen LogP contribution in [0.3, 0.4) is 0 Å². The molecule has 2 N–H and O–H groups in total. The highest BCUT2D eigenvalue weighted by Gasteiger charge is 2.20. The van der Waals surface area contributed by atoms with E-state index >= 15 is 0 Å². The van der Waals surface area contributed by atoms with Gasteiger partial charge >= 0.3 is 5.97 Å². The SMILES string of the molecule is CC(NC(=O)c1ccccc1Cl)C(=O)OCC(=O)Nc1ccc(I)cc1. The van der Waals surface area contributed by atoms with Gasteiger partial charge in [0.2, 0.25) is 0 Å². The van der Waals surface area contributed by atoms with Crippen molar-refractivity contribution in [2.45, 2.75) is 13.0 Å². The lowest BCUT2D eigenvalue weighted by atomic mass is 10.2. The van der Waals surface area contributed by atoms with Crippen molar-refractivity contribution in [3.8, 4) is 0 Å². The number of hydrogen-bond donors (Lipinski definition) is 2. The van der Waals surface area contributed by atoms with Gasteiger partial charge in [-0.15, -0.1) is 0 Å². The fourth-order valence-corrected chi connectivity index (χ4v) is 2.55. The van der Waals surface area contributed by atoms with Crippen LogP contribution in [-0.2, 0) is 14.3 Å². The molecule has 2 aromatic carbocycles. The van der Waals surface area contributed by atoms with E-state index in [4.69, 9.17) is 16.3 Å². The molecule has 0 aliphatic carbocycles. The number of carbonyl (C=O) groups is 3. The Morgan fingerprint density at radius 3 is 2.42 bits per heavy atom. The number of hydrogen-bond acceptors (Lipinski definition) is 4. The molecule has 0 saturated heterocycles. The Bertz CT molecular complexity index is 811. The number of esters is 1. The van der Waals surface area contributed by atoms with Gasteiger partial charge < -0.3 is 15.4 Å². The quantitative estimate of drug-likeness (QED) is 0.485. The molecule has 0 saturated carbocycles. The number of anilines is 1. The maximum atomic E-state index is 12.1. The molecular weight excluding hydrogens is 471 g/mol. The highest BCUT2D eigenvalue weighted by Crippen LogP contribution is 2.15. The molecule has 0 fully saturated rings. The molecule has 0 radical (unpaired) electrons. The summed E-state index contributed by atoms with van der Waals surface area (Å²) in [6.45, 7) is 1.02. The van der Waals surface area contributed by atoms with E-state index in [1.54, 1.807) is 36.4 Å². The van der Waals surface area contributed by atoms with E-state index < -0.39 is 30.4 Å². The number of benzene rings is 2. The van der Waals surface area contributed by atoms with E-state index in [1.165, 1.54) is 6.92 Å². The van der Waals surface area contributed by atoms with Gasteiger partial charge in [0.25, 0.3) is 11.8 Å². The number of ether oxygens (including phenoxy) is 1. The van der Waals surface area contributed by atoms with Crippen molar-refractivity contribution in [2.24, 2.45) is 0 Å². The molecule has 0 spiro atoms. The molecule has 8 heteroatoms. The third-order valence-electron chi connectivity index (χ3n) is 3.29. The zero-order chi connectivity index (χ0) is 19.1. The third kappa shape index (κ3) is 5.99. The number of nitrogens with one attached hydrogen (secondary N) is 2. The van der Waals surface area contributed by atoms with Crippen LogP contribution in [0, 0.1) is 3.57 Å². The van der Waals surface area contributed by atoms with Gasteiger partial charge in [0.05, 0.1) is 10.6 Å². The standard InChI is InChI=1S/C18H16ClIN2O4/c1-11(21-17(24)14-4-2-3-5-15(14)19)18(25)26-10-16(23)22-13-8-6-12(20)7-9-13/h2-9,11H,10H2,1H3,(H,21,24)(H,22,23). The lowest BCUT2D eigenvalue weighted by Gasteiger charge is -2.14. The molecule has 0 bridgehead atoms. The predicted octanol–water partition coefficient (Wildman–Crippen LogP) is 3.24. The summed E-state index contributed by atoms with van der Waals surface area (Å²) in [5, 5.41) is 5.38. The van der Waals surface area contributed by atoms with Crippen LogP contribution in [0.4, 0.5) is 5.69 Å². The third-order valence-corrected chi connectivity index (χ3v) is 4.34. The molecule has 1 unspecified atom stereocenters. The number of rotatable bonds is 6. The van der Waals surface area contributed by atoms with Crippen molar-refractivity contribution >= 4 is 57.7 Å². The second-order valence-corrected chi connectivity index (χ2v) is 6.99. The van der Waals surface area contributed by atoms with E-state index in [9.17, 15) is 14.4 Å². The Kier molecular flexibility index (Phi) is 7.40. The molecule has 2 aromatic rings. The summed E-state index contributed by atoms with van der Waals surface area (Å²) in [4.78, 5) is 35.9. The van der Waals surface area contributed by atoms with Gasteiger partial charge in [-0.3, -0.25) is 9.59 Å². The Morgan fingerprint density at radius 2 is 1.77 bits per heavy atom. The molecule has 2 amide bonds. The monoisotopic (exact) mass is 486 g/mol. The van der Waals surface area contributed by atoms with Crippen LogP contribution in [0.5, 0.6) is 0 Å². The maximum absolute atomic E-state index is 12.1. The lowest BCUT2D eigenvalue weighted by molar-refractivity contribution is -0.148. The van der Waals surface area contributed by atoms with Crippen LogP contribution in [0.2, 0.25) is 5.02 Å². The highest BCUT2D eigenvalue weighted by molar-refractivity contribution is 14.1. The molecule has 2 rings (SSSR count). The van der Waals surface area contributed by atoms with E-state index in [2.05, 4.69) is 33.2 Å². The Balaban J connectivity index is 1.81. The molecule has 6 nitrogen and oxygen atoms in total. The first kappa shape index (κ1) is 20.2. The molecule has 0 aliphatic rings. The van der Waals surface area contributed by atoms with Crippen molar-refractivity contribution in [3.05, 3.63) is 62.7 Å². The minimum absolute atomic E-state index is 0.255. The Labute approximate surface area is 169 Å². The highest BCUT2D eigenvalue weighted by atomic mass is 127. The summed E-state index contributed by atoms with van der Waals surface area (Å²) in [6.07, 6.45) is 0. The van der Waals surface area contributed by atoms with Gasteiger partial charge in [-0.05, 0) is 65.9 Å². The summed E-state index contributed by atoms with van der Waals surface area (Å²) < 4.78 is 5.97. The second-order valence-electron chi connectivity index (χ2n) is 5.34. The van der Waals surface area contributed by atoms with Crippen LogP contribution >= 0.6 is 34.2 Å². The molecule has 136 valence electrons. The normalized spacial score (nSPS) is 11.3. The van der Waals surface area contributed by atoms with Crippen molar-refractivity contribution < 1.29 is 19.1 Å². The average molecular weight is 487 g/mol. The molecule has 0 aliphatic heterocycles. The van der Waals surface area contributed by atoms with Crippen LogP contribution in [0.1, 0.15) is 17.3 Å². The summed E-state index contributed by atoms with van der Waals surface area (Å²) in [7, 11) is 0. The van der Waals surface area contributed by atoms with Gasteiger partial charge in [0.1, 0.15) is 6.04 Å². The van der Waals surface area contributed by atoms with E-state index in [1.807, 2.05) is 12.1 Å². The fourth-order valence-electron chi connectivity index (χ4n) is 1.97. The van der Waals surface area contributed by atoms with E-state index in [-0.39, 0.29) is 10.6 Å². The molecule has 0 heterocycles. The number of halogens is 2. The molecule has 26 heavy (non-hydrogen) atoms. The number of carbonyl (C=O) groups excluding carboxylic acids is 3.